The van der Waals surface area contributed by atoms with Crippen LogP contribution in [0.15, 0.2) is 85.1 Å². The average Bonchev–Trinajstić information content (AvgIpc) is 2.62. The number of hydrogen-bond donors (Lipinski definition) is 1. The smallest absolute Gasteiger partial charge is 0.264 e. The topological polar surface area (TPSA) is 33.0 Å². The quantitative estimate of drug-likeness (QED) is 0.735. The van der Waals surface area contributed by atoms with Crippen LogP contribution in [0, 0.1) is 0 Å². The molecule has 1 aromatic heterocycles. The molecular formula is C20H17N2O+. The van der Waals surface area contributed by atoms with E-state index in [1.807, 2.05) is 85.1 Å². The fraction of sp³-hybridized carbons (Fsp3) is 0. The van der Waals surface area contributed by atoms with Crippen molar-refractivity contribution in [2.75, 3.05) is 5.43 Å². The molecule has 1 amide bonds. The molecule has 3 heteroatoms. The molecule has 112 valence electrons. The molecule has 1 heterocycles. The Bertz CT molecular complexity index is 811. The van der Waals surface area contributed by atoms with E-state index in [-0.39, 0.29) is 5.91 Å². The molecule has 0 fully saturated rings. The van der Waals surface area contributed by atoms with E-state index in [1.165, 1.54) is 0 Å². The van der Waals surface area contributed by atoms with Gasteiger partial charge in [0.05, 0.1) is 0 Å². The van der Waals surface area contributed by atoms with Crippen molar-refractivity contribution in [3.8, 4) is 0 Å². The number of carbonyl (C=O) groups is 1. The van der Waals surface area contributed by atoms with Crippen LogP contribution < -0.4 is 10.1 Å². The molecule has 0 atom stereocenters. The van der Waals surface area contributed by atoms with Gasteiger partial charge in [0.15, 0.2) is 0 Å². The summed E-state index contributed by atoms with van der Waals surface area (Å²) in [4.78, 5) is 12.3. The second kappa shape index (κ2) is 7.18. The van der Waals surface area contributed by atoms with Crippen LogP contribution in [0.2, 0.25) is 0 Å². The fourth-order valence-corrected chi connectivity index (χ4v) is 2.20. The Labute approximate surface area is 135 Å². The highest BCUT2D eigenvalue weighted by Gasteiger charge is 2.13. The van der Waals surface area contributed by atoms with E-state index in [1.54, 1.807) is 16.8 Å². The minimum atomic E-state index is -0.142. The number of benzene rings is 2. The number of carbonyl (C=O) groups excluding carboxylic acids is 1. The lowest BCUT2D eigenvalue weighted by Gasteiger charge is -2.02. The van der Waals surface area contributed by atoms with Crippen LogP contribution in [-0.4, -0.2) is 5.91 Å². The summed E-state index contributed by atoms with van der Waals surface area (Å²) in [7, 11) is 0. The van der Waals surface area contributed by atoms with Crippen LogP contribution in [0.3, 0.4) is 0 Å². The third kappa shape index (κ3) is 3.92. The van der Waals surface area contributed by atoms with Gasteiger partial charge in [-0.15, -0.1) is 5.43 Å². The van der Waals surface area contributed by atoms with Gasteiger partial charge in [-0.25, -0.2) is 0 Å². The fourth-order valence-electron chi connectivity index (χ4n) is 2.20. The molecule has 3 rings (SSSR count). The van der Waals surface area contributed by atoms with Crippen LogP contribution in [0.5, 0.6) is 0 Å². The molecule has 0 unspecified atom stereocenters. The van der Waals surface area contributed by atoms with Gasteiger partial charge in [0.25, 0.3) is 0 Å². The molecule has 0 spiro atoms. The SMILES string of the molecule is O=C(N[n+]1ccccc1/C=C/c1ccccc1)c1ccccc1. The first-order chi connectivity index (χ1) is 11.3. The van der Waals surface area contributed by atoms with E-state index < -0.39 is 0 Å². The van der Waals surface area contributed by atoms with Crippen LogP contribution >= 0.6 is 0 Å². The molecule has 0 radical (unpaired) electrons. The lowest BCUT2D eigenvalue weighted by Crippen LogP contribution is -2.50. The highest BCUT2D eigenvalue weighted by Crippen LogP contribution is 2.05. The van der Waals surface area contributed by atoms with Crippen molar-refractivity contribution in [1.29, 1.82) is 0 Å². The second-order valence-electron chi connectivity index (χ2n) is 5.05. The summed E-state index contributed by atoms with van der Waals surface area (Å²) in [5.41, 5.74) is 5.51. The molecule has 23 heavy (non-hydrogen) atoms. The minimum absolute atomic E-state index is 0.142. The number of aromatic nitrogens is 1. The summed E-state index contributed by atoms with van der Waals surface area (Å²) in [6.45, 7) is 0. The predicted octanol–water partition coefficient (Wildman–Crippen LogP) is 3.53. The summed E-state index contributed by atoms with van der Waals surface area (Å²) in [6, 6.07) is 25.0. The molecule has 0 aliphatic carbocycles. The van der Waals surface area contributed by atoms with E-state index >= 15 is 0 Å². The molecule has 0 bridgehead atoms. The largest absolute Gasteiger partial charge is 0.305 e. The van der Waals surface area contributed by atoms with Crippen molar-refractivity contribution in [2.45, 2.75) is 0 Å². The molecule has 3 nitrogen and oxygen atoms in total. The maximum atomic E-state index is 12.3. The van der Waals surface area contributed by atoms with Gasteiger partial charge < -0.3 is 0 Å². The third-order valence-electron chi connectivity index (χ3n) is 3.40. The molecule has 0 aliphatic heterocycles. The van der Waals surface area contributed by atoms with Crippen LogP contribution in [0.4, 0.5) is 0 Å². The van der Waals surface area contributed by atoms with Crippen molar-refractivity contribution in [3.05, 3.63) is 102 Å². The second-order valence-corrected chi connectivity index (χ2v) is 5.05. The van der Waals surface area contributed by atoms with Crippen molar-refractivity contribution in [1.82, 2.24) is 0 Å². The first-order valence-electron chi connectivity index (χ1n) is 7.43. The average molecular weight is 301 g/mol. The zero-order valence-electron chi connectivity index (χ0n) is 12.6. The summed E-state index contributed by atoms with van der Waals surface area (Å²) >= 11 is 0. The van der Waals surface area contributed by atoms with E-state index in [0.29, 0.717) is 5.56 Å². The zero-order chi connectivity index (χ0) is 15.9. The summed E-state index contributed by atoms with van der Waals surface area (Å²) in [5.74, 6) is -0.142. The molecular weight excluding hydrogens is 284 g/mol. The van der Waals surface area contributed by atoms with Gasteiger partial charge in [0.2, 0.25) is 11.9 Å². The van der Waals surface area contributed by atoms with Gasteiger partial charge in [0, 0.05) is 23.8 Å². The lowest BCUT2D eigenvalue weighted by atomic mass is 10.2. The Balaban J connectivity index is 1.81. The number of hydrogen-bond acceptors (Lipinski definition) is 1. The van der Waals surface area contributed by atoms with Crippen LogP contribution in [-0.2, 0) is 0 Å². The summed E-state index contributed by atoms with van der Waals surface area (Å²) < 4.78 is 1.72. The van der Waals surface area contributed by atoms with E-state index in [0.717, 1.165) is 11.3 Å². The number of pyridine rings is 1. The van der Waals surface area contributed by atoms with Crippen molar-refractivity contribution >= 4 is 18.1 Å². The maximum Gasteiger partial charge on any atom is 0.305 e. The van der Waals surface area contributed by atoms with Gasteiger partial charge in [-0.1, -0.05) is 53.2 Å². The Hall–Kier alpha value is -3.20. The lowest BCUT2D eigenvalue weighted by molar-refractivity contribution is -0.643. The van der Waals surface area contributed by atoms with E-state index in [9.17, 15) is 4.79 Å². The minimum Gasteiger partial charge on any atom is -0.264 e. The van der Waals surface area contributed by atoms with Gasteiger partial charge in [-0.05, 0) is 29.8 Å². The Morgan fingerprint density at radius 2 is 1.43 bits per heavy atom. The number of amides is 1. The van der Waals surface area contributed by atoms with Gasteiger partial charge >= 0.3 is 5.91 Å². The van der Waals surface area contributed by atoms with Crippen LogP contribution in [0.25, 0.3) is 12.2 Å². The highest BCUT2D eigenvalue weighted by molar-refractivity contribution is 5.98. The van der Waals surface area contributed by atoms with Crippen LogP contribution in [0.1, 0.15) is 21.6 Å². The van der Waals surface area contributed by atoms with E-state index in [2.05, 4.69) is 5.43 Å². The first kappa shape index (κ1) is 14.7. The Kier molecular flexibility index (Phi) is 4.60. The molecule has 1 N–H and O–H groups in total. The van der Waals surface area contributed by atoms with Crippen molar-refractivity contribution in [2.24, 2.45) is 0 Å². The number of nitrogens with zero attached hydrogens (tertiary/aromatic N) is 1. The van der Waals surface area contributed by atoms with Crippen molar-refractivity contribution < 1.29 is 9.47 Å². The molecule has 0 saturated carbocycles. The monoisotopic (exact) mass is 301 g/mol. The standard InChI is InChI=1S/C20H16N2O/c23-20(18-11-5-2-6-12-18)21-22-16-8-7-13-19(22)15-14-17-9-3-1-4-10-17/h1-16H/p+1/b15-14+. The number of nitrogens with one attached hydrogen (secondary N) is 1. The predicted molar refractivity (Wildman–Crippen MR) is 92.1 cm³/mol. The molecule has 3 aromatic rings. The highest BCUT2D eigenvalue weighted by atomic mass is 16.2. The molecule has 0 aliphatic rings. The number of rotatable bonds is 4. The third-order valence-corrected chi connectivity index (χ3v) is 3.40. The maximum absolute atomic E-state index is 12.3. The first-order valence-corrected chi connectivity index (χ1v) is 7.43. The van der Waals surface area contributed by atoms with Gasteiger partial charge in [0.1, 0.15) is 0 Å². The summed E-state index contributed by atoms with van der Waals surface area (Å²) in [6.07, 6.45) is 5.81. The molecule has 2 aromatic carbocycles. The van der Waals surface area contributed by atoms with Gasteiger partial charge in [-0.2, -0.15) is 0 Å². The molecule has 0 saturated heterocycles. The van der Waals surface area contributed by atoms with E-state index in [4.69, 9.17) is 0 Å². The van der Waals surface area contributed by atoms with Crippen molar-refractivity contribution in [3.63, 3.8) is 0 Å². The van der Waals surface area contributed by atoms with Gasteiger partial charge in [-0.3, -0.25) is 4.79 Å². The Morgan fingerprint density at radius 1 is 0.783 bits per heavy atom. The zero-order valence-corrected chi connectivity index (χ0v) is 12.6. The Morgan fingerprint density at radius 3 is 2.17 bits per heavy atom. The normalized spacial score (nSPS) is 10.6. The summed E-state index contributed by atoms with van der Waals surface area (Å²) in [5, 5.41) is 0.